The molecule has 4 aromatic rings. The van der Waals surface area contributed by atoms with Crippen LogP contribution >= 0.6 is 15.8 Å². The van der Waals surface area contributed by atoms with Crippen molar-refractivity contribution in [1.82, 2.24) is 0 Å². The third-order valence-corrected chi connectivity index (χ3v) is 15.8. The van der Waals surface area contributed by atoms with Gasteiger partial charge in [-0.25, -0.2) is 12.1 Å². The van der Waals surface area contributed by atoms with E-state index in [2.05, 4.69) is 19.1 Å². The summed E-state index contributed by atoms with van der Waals surface area (Å²) in [6.07, 6.45) is 3.90. The van der Waals surface area contributed by atoms with E-state index >= 15 is 0 Å². The summed E-state index contributed by atoms with van der Waals surface area (Å²) in [5, 5.41) is 2.49. The fourth-order valence-electron chi connectivity index (χ4n) is 7.18. The van der Waals surface area contributed by atoms with E-state index in [4.69, 9.17) is 0 Å². The minimum Gasteiger partial charge on any atom is -0.748 e. The zero-order valence-corrected chi connectivity index (χ0v) is 29.4. The predicted molar refractivity (Wildman–Crippen MR) is 182 cm³/mol. The molecule has 0 N–H and O–H groups in total. The molecule has 0 radical (unpaired) electrons. The van der Waals surface area contributed by atoms with Gasteiger partial charge in [0.05, 0.1) is 11.1 Å². The van der Waals surface area contributed by atoms with Crippen molar-refractivity contribution in [2.75, 3.05) is 0 Å². The molecule has 9 heteroatoms. The van der Waals surface area contributed by atoms with E-state index in [1.165, 1.54) is 94.0 Å². The van der Waals surface area contributed by atoms with Gasteiger partial charge in [-0.15, -0.1) is 18.8 Å². The van der Waals surface area contributed by atoms with E-state index in [0.717, 1.165) is 40.9 Å². The van der Waals surface area contributed by atoms with Crippen LogP contribution < -0.4 is 15.9 Å². The molecule has 0 spiro atoms. The van der Waals surface area contributed by atoms with Crippen LogP contribution in [-0.4, -0.2) is 11.3 Å². The Morgan fingerprint density at radius 3 is 1.36 bits per heavy atom. The van der Waals surface area contributed by atoms with Gasteiger partial charge in [0.15, 0.2) is 0 Å². The van der Waals surface area contributed by atoms with Gasteiger partial charge in [-0.3, -0.25) is 0 Å². The van der Waals surface area contributed by atoms with Crippen LogP contribution in [-0.2, 0) is 29.4 Å². The second kappa shape index (κ2) is 17.2. The van der Waals surface area contributed by atoms with E-state index in [1.807, 2.05) is 36.4 Å². The van der Waals surface area contributed by atoms with Gasteiger partial charge in [-0.1, -0.05) is 69.7 Å². The monoisotopic (exact) mass is 730 g/mol. The molecule has 2 aliphatic rings. The van der Waals surface area contributed by atoms with Gasteiger partial charge in [-0.2, -0.15) is 32.4 Å². The Bertz CT molecular complexity index is 1350. The first kappa shape index (κ1) is 37.9. The third kappa shape index (κ3) is 9.85. The standard InChI is InChI=1S/C33H37F6P2.C5H5.Fe/c1-23(40(26-9-4-2-5-10-26)27-11-6-3-7-12-27)30-13-8-14-31(30)41(28-19-15-24(16-20-28)32(34,35)36)29-21-17-25(18-22-29)33(37,38)39;1-2-4-5-3-1;/h8,13-23,26-27H,2-7,9-12H2,1H3;1-5H;/q-1;-5;. The van der Waals surface area contributed by atoms with Crippen molar-refractivity contribution in [3.8, 4) is 0 Å². The molecular formula is C38H42F6FeP2-6. The van der Waals surface area contributed by atoms with Crippen molar-refractivity contribution in [1.29, 1.82) is 0 Å². The van der Waals surface area contributed by atoms with Gasteiger partial charge in [0.1, 0.15) is 0 Å². The van der Waals surface area contributed by atoms with Gasteiger partial charge in [0.25, 0.3) is 0 Å². The maximum Gasteiger partial charge on any atom is 0.416 e. The molecule has 2 fully saturated rings. The molecule has 0 aliphatic heterocycles. The summed E-state index contributed by atoms with van der Waals surface area (Å²) >= 11 is 0. The van der Waals surface area contributed by atoms with E-state index in [0.29, 0.717) is 16.3 Å². The summed E-state index contributed by atoms with van der Waals surface area (Å²) in [6, 6.07) is 26.7. The minimum atomic E-state index is -4.45. The molecule has 0 amide bonds. The van der Waals surface area contributed by atoms with Crippen LogP contribution in [0, 0.1) is 0 Å². The van der Waals surface area contributed by atoms with Gasteiger partial charge < -0.3 is 30.3 Å². The SMILES string of the molecule is CC([c-]1cccc1P(c1ccc(C(F)(F)F)cc1)c1ccc(C(F)(F)F)cc1)P(C1CCCCC1)C1CCCCC1.[Fe].[cH-]1[cH-][cH-][cH-][cH-]1. The fraction of sp³-hybridized carbons (Fsp3) is 0.421. The van der Waals surface area contributed by atoms with Crippen molar-refractivity contribution in [2.45, 2.75) is 100 Å². The van der Waals surface area contributed by atoms with Crippen LogP contribution in [0.2, 0.25) is 0 Å². The summed E-state index contributed by atoms with van der Waals surface area (Å²) in [5.41, 5.74) is 1.56. The third-order valence-electron chi connectivity index (χ3n) is 9.42. The second-order valence-corrected chi connectivity index (χ2v) is 17.8. The maximum atomic E-state index is 13.4. The van der Waals surface area contributed by atoms with Gasteiger partial charge in [0, 0.05) is 17.1 Å². The van der Waals surface area contributed by atoms with Crippen molar-refractivity contribution in [3.63, 3.8) is 0 Å². The average Bonchev–Trinajstić information content (AvgIpc) is 3.79. The molecule has 0 saturated heterocycles. The van der Waals surface area contributed by atoms with Crippen LogP contribution in [0.5, 0.6) is 0 Å². The first-order chi connectivity index (χ1) is 22.0. The Kier molecular flexibility index (Phi) is 13.8. The van der Waals surface area contributed by atoms with Crippen LogP contribution in [0.1, 0.15) is 93.5 Å². The van der Waals surface area contributed by atoms with Crippen LogP contribution in [0.15, 0.2) is 97.1 Å². The smallest absolute Gasteiger partial charge is 0.416 e. The Hall–Kier alpha value is -1.90. The molecule has 2 aliphatic carbocycles. The molecule has 1 unspecified atom stereocenters. The second-order valence-electron chi connectivity index (χ2n) is 12.5. The predicted octanol–water partition coefficient (Wildman–Crippen LogP) is 11.8. The normalized spacial score (nSPS) is 17.2. The van der Waals surface area contributed by atoms with Crippen molar-refractivity contribution < 1.29 is 43.4 Å². The Morgan fingerprint density at radius 2 is 1.00 bits per heavy atom. The molecule has 6 rings (SSSR count). The number of hydrogen-bond acceptors (Lipinski definition) is 0. The fourth-order valence-corrected chi connectivity index (χ4v) is 14.1. The molecular weight excluding hydrogens is 688 g/mol. The molecule has 260 valence electrons. The van der Waals surface area contributed by atoms with Crippen molar-refractivity contribution in [2.24, 2.45) is 0 Å². The number of halogens is 6. The summed E-state index contributed by atoms with van der Waals surface area (Å²) in [6.45, 7) is 2.35. The molecule has 0 heterocycles. The van der Waals surface area contributed by atoms with Gasteiger partial charge in [-0.05, 0) is 85.5 Å². The average molecular weight is 731 g/mol. The maximum absolute atomic E-state index is 13.4. The molecule has 47 heavy (non-hydrogen) atoms. The molecule has 4 aromatic carbocycles. The van der Waals surface area contributed by atoms with Crippen LogP contribution in [0.4, 0.5) is 26.3 Å². The van der Waals surface area contributed by atoms with Crippen LogP contribution in [0.25, 0.3) is 0 Å². The Balaban J connectivity index is 0.000000762. The Morgan fingerprint density at radius 1 is 0.617 bits per heavy atom. The summed E-state index contributed by atoms with van der Waals surface area (Å²) in [5.74, 6) is 0. The summed E-state index contributed by atoms with van der Waals surface area (Å²) < 4.78 is 80.3. The van der Waals surface area contributed by atoms with Crippen molar-refractivity contribution >= 4 is 31.8 Å². The van der Waals surface area contributed by atoms with Crippen LogP contribution in [0.3, 0.4) is 0 Å². The quantitative estimate of drug-likeness (QED) is 0.0769. The Labute approximate surface area is 288 Å². The molecule has 2 saturated carbocycles. The first-order valence-corrected chi connectivity index (χ1v) is 19.3. The van der Waals surface area contributed by atoms with E-state index in [1.54, 1.807) is 0 Å². The minimum absolute atomic E-state index is 0. The number of rotatable bonds is 7. The topological polar surface area (TPSA) is 0 Å². The largest absolute Gasteiger partial charge is 0.748 e. The zero-order valence-electron chi connectivity index (χ0n) is 26.6. The van der Waals surface area contributed by atoms with E-state index in [9.17, 15) is 26.3 Å². The van der Waals surface area contributed by atoms with E-state index in [-0.39, 0.29) is 25.0 Å². The zero-order chi connectivity index (χ0) is 32.7. The number of alkyl halides is 6. The summed E-state index contributed by atoms with van der Waals surface area (Å²) in [7, 11) is -1.66. The first-order valence-electron chi connectivity index (χ1n) is 16.4. The van der Waals surface area contributed by atoms with E-state index < -0.39 is 31.4 Å². The van der Waals surface area contributed by atoms with Gasteiger partial charge >= 0.3 is 12.4 Å². The summed E-state index contributed by atoms with van der Waals surface area (Å²) in [4.78, 5) is 0. The number of benzene rings is 2. The van der Waals surface area contributed by atoms with Crippen molar-refractivity contribution in [3.05, 3.63) is 114 Å². The molecule has 0 aromatic heterocycles. The number of hydrogen-bond donors (Lipinski definition) is 0. The van der Waals surface area contributed by atoms with Gasteiger partial charge in [0.2, 0.25) is 0 Å². The molecule has 0 nitrogen and oxygen atoms in total. The molecule has 1 atom stereocenters. The molecule has 0 bridgehead atoms.